The molecule has 8 nitrogen and oxygen atoms in total. The van der Waals surface area contributed by atoms with Gasteiger partial charge in [0.1, 0.15) is 18.9 Å². The maximum absolute atomic E-state index is 13.0. The number of halogens is 1. The summed E-state index contributed by atoms with van der Waals surface area (Å²) in [6, 6.07) is 24.6. The van der Waals surface area contributed by atoms with Crippen molar-refractivity contribution in [2.75, 3.05) is 26.1 Å². The number of hydrogen-bond donors (Lipinski definition) is 1. The summed E-state index contributed by atoms with van der Waals surface area (Å²) >= 11 is 4.33. The number of rotatable bonds is 9. The Balaban J connectivity index is 1.30. The van der Waals surface area contributed by atoms with Gasteiger partial charge < -0.3 is 19.5 Å². The molecule has 3 amide bonds. The van der Waals surface area contributed by atoms with Crippen molar-refractivity contribution in [1.29, 1.82) is 0 Å². The Morgan fingerprint density at radius 2 is 1.68 bits per heavy atom. The fourth-order valence-electron chi connectivity index (χ4n) is 4.40. The molecule has 0 aromatic heterocycles. The second kappa shape index (κ2) is 12.5. The lowest BCUT2D eigenvalue weighted by atomic mass is 10.1. The molecule has 4 aromatic rings. The lowest BCUT2D eigenvalue weighted by Crippen LogP contribution is -2.36. The minimum atomic E-state index is -0.554. The van der Waals surface area contributed by atoms with Crippen molar-refractivity contribution in [3.05, 3.63) is 99.4 Å². The lowest BCUT2D eigenvalue weighted by molar-refractivity contribution is -0.127. The normalized spacial score (nSPS) is 14.0. The van der Waals surface area contributed by atoms with E-state index in [0.717, 1.165) is 33.0 Å². The Morgan fingerprint density at radius 1 is 0.951 bits per heavy atom. The van der Waals surface area contributed by atoms with Crippen LogP contribution in [0.5, 0.6) is 17.2 Å². The van der Waals surface area contributed by atoms with Crippen LogP contribution in [0.1, 0.15) is 11.1 Å². The number of para-hydroxylation sites is 2. The molecular formula is C31H25BrN2O6S. The predicted octanol–water partition coefficient (Wildman–Crippen LogP) is 6.87. The molecule has 1 fully saturated rings. The molecule has 0 saturated carbocycles. The zero-order chi connectivity index (χ0) is 28.9. The van der Waals surface area contributed by atoms with E-state index in [2.05, 4.69) is 39.4 Å². The molecule has 0 bridgehead atoms. The number of benzene rings is 4. The van der Waals surface area contributed by atoms with Gasteiger partial charge in [0.05, 0.1) is 29.3 Å². The Hall–Kier alpha value is -4.28. The summed E-state index contributed by atoms with van der Waals surface area (Å²) in [6.07, 6.45) is 1.59. The number of ether oxygens (including phenoxy) is 3. The molecule has 0 aliphatic carbocycles. The molecule has 0 atom stereocenters. The van der Waals surface area contributed by atoms with Gasteiger partial charge in [-0.2, -0.15) is 0 Å². The highest BCUT2D eigenvalue weighted by Gasteiger charge is 2.36. The third-order valence-corrected chi connectivity index (χ3v) is 7.85. The Morgan fingerprint density at radius 3 is 2.49 bits per heavy atom. The van der Waals surface area contributed by atoms with Gasteiger partial charge in [-0.25, -0.2) is 0 Å². The summed E-state index contributed by atoms with van der Waals surface area (Å²) in [7, 11) is 3.02. The third kappa shape index (κ3) is 6.23. The zero-order valence-electron chi connectivity index (χ0n) is 22.2. The molecule has 0 radical (unpaired) electrons. The maximum Gasteiger partial charge on any atom is 0.294 e. The number of hydrogen-bond acceptors (Lipinski definition) is 7. The van der Waals surface area contributed by atoms with Crippen molar-refractivity contribution >= 4 is 67.3 Å². The van der Waals surface area contributed by atoms with Crippen molar-refractivity contribution in [2.45, 2.75) is 6.61 Å². The smallest absolute Gasteiger partial charge is 0.294 e. The van der Waals surface area contributed by atoms with Gasteiger partial charge in [0.2, 0.25) is 5.91 Å². The third-order valence-electron chi connectivity index (χ3n) is 6.36. The highest BCUT2D eigenvalue weighted by Crippen LogP contribution is 2.40. The molecule has 10 heteroatoms. The van der Waals surface area contributed by atoms with Gasteiger partial charge in [-0.3, -0.25) is 19.3 Å². The average Bonchev–Trinajstić information content (AvgIpc) is 3.23. The fourth-order valence-corrected chi connectivity index (χ4v) is 5.81. The standard InChI is InChI=1S/C31H25BrN2O6S/c1-38-25-13-6-5-12-24(25)33-28(35)17-34-30(36)27(41-31(34)37)16-19-14-23(32)29(26(15-19)39-2)40-18-21-10-7-9-20-8-3-4-11-22(20)21/h3-16H,17-18H2,1-2H3,(H,33,35)/b27-16+. The highest BCUT2D eigenvalue weighted by molar-refractivity contribution is 9.10. The van der Waals surface area contributed by atoms with E-state index in [1.165, 1.54) is 14.2 Å². The van der Waals surface area contributed by atoms with E-state index in [1.54, 1.807) is 42.5 Å². The first-order valence-corrected chi connectivity index (χ1v) is 14.1. The molecule has 0 spiro atoms. The quantitative estimate of drug-likeness (QED) is 0.201. The lowest BCUT2D eigenvalue weighted by Gasteiger charge is -2.15. The first-order valence-electron chi connectivity index (χ1n) is 12.5. The average molecular weight is 634 g/mol. The number of fused-ring (bicyclic) bond motifs is 1. The number of nitrogens with one attached hydrogen (secondary N) is 1. The molecule has 1 aliphatic rings. The molecule has 5 rings (SSSR count). The maximum atomic E-state index is 13.0. The second-order valence-corrected chi connectivity index (χ2v) is 10.8. The molecule has 0 unspecified atom stereocenters. The van der Waals surface area contributed by atoms with Crippen LogP contribution in [0.2, 0.25) is 0 Å². The number of carbonyl (C=O) groups is 3. The van der Waals surface area contributed by atoms with E-state index < -0.39 is 23.6 Å². The van der Waals surface area contributed by atoms with Gasteiger partial charge in [-0.15, -0.1) is 0 Å². The minimum Gasteiger partial charge on any atom is -0.495 e. The van der Waals surface area contributed by atoms with Crippen LogP contribution >= 0.6 is 27.7 Å². The fraction of sp³-hybridized carbons (Fsp3) is 0.129. The van der Waals surface area contributed by atoms with Crippen LogP contribution in [0.25, 0.3) is 16.8 Å². The van der Waals surface area contributed by atoms with E-state index in [0.29, 0.717) is 39.6 Å². The summed E-state index contributed by atoms with van der Waals surface area (Å²) < 4.78 is 17.6. The summed E-state index contributed by atoms with van der Waals surface area (Å²) in [4.78, 5) is 39.4. The number of nitrogens with zero attached hydrogens (tertiary/aromatic N) is 1. The van der Waals surface area contributed by atoms with Gasteiger partial charge >= 0.3 is 0 Å². The summed E-state index contributed by atoms with van der Waals surface area (Å²) in [5.41, 5.74) is 2.10. The van der Waals surface area contributed by atoms with Crippen molar-refractivity contribution in [1.82, 2.24) is 4.90 Å². The molecular weight excluding hydrogens is 608 g/mol. The highest BCUT2D eigenvalue weighted by atomic mass is 79.9. The largest absolute Gasteiger partial charge is 0.495 e. The van der Waals surface area contributed by atoms with Gasteiger partial charge in [0.25, 0.3) is 11.1 Å². The number of carbonyl (C=O) groups excluding carboxylic acids is 3. The predicted molar refractivity (Wildman–Crippen MR) is 163 cm³/mol. The Kier molecular flexibility index (Phi) is 8.61. The van der Waals surface area contributed by atoms with E-state index >= 15 is 0 Å². The van der Waals surface area contributed by atoms with Crippen LogP contribution in [0, 0.1) is 0 Å². The minimum absolute atomic E-state index is 0.193. The summed E-state index contributed by atoms with van der Waals surface area (Å²) in [5, 5.41) is 4.38. The summed E-state index contributed by atoms with van der Waals surface area (Å²) in [6.45, 7) is -0.0977. The van der Waals surface area contributed by atoms with Crippen LogP contribution < -0.4 is 19.5 Å². The van der Waals surface area contributed by atoms with Crippen LogP contribution in [-0.2, 0) is 16.2 Å². The van der Waals surface area contributed by atoms with Crippen LogP contribution in [0.4, 0.5) is 10.5 Å². The first-order chi connectivity index (χ1) is 19.9. The van der Waals surface area contributed by atoms with Gasteiger partial charge in [-0.05, 0) is 79.9 Å². The molecule has 1 heterocycles. The van der Waals surface area contributed by atoms with Gasteiger partial charge in [0, 0.05) is 0 Å². The van der Waals surface area contributed by atoms with Crippen molar-refractivity contribution in [3.63, 3.8) is 0 Å². The van der Waals surface area contributed by atoms with Gasteiger partial charge in [-0.1, -0.05) is 54.6 Å². The molecule has 1 aliphatic heterocycles. The summed E-state index contributed by atoms with van der Waals surface area (Å²) in [5.74, 6) is 0.371. The van der Waals surface area contributed by atoms with E-state index in [9.17, 15) is 14.4 Å². The van der Waals surface area contributed by atoms with E-state index in [1.807, 2.05) is 24.3 Å². The number of thioether (sulfide) groups is 1. The van der Waals surface area contributed by atoms with Crippen LogP contribution in [-0.4, -0.2) is 42.7 Å². The Labute approximate surface area is 249 Å². The van der Waals surface area contributed by atoms with E-state index in [-0.39, 0.29) is 4.91 Å². The SMILES string of the molecule is COc1ccccc1NC(=O)CN1C(=O)S/C(=C/c2cc(Br)c(OCc3cccc4ccccc34)c(OC)c2)C1=O. The zero-order valence-corrected chi connectivity index (χ0v) is 24.6. The number of anilines is 1. The molecule has 1 N–H and O–H groups in total. The Bertz CT molecular complexity index is 1680. The monoisotopic (exact) mass is 632 g/mol. The van der Waals surface area contributed by atoms with Crippen molar-refractivity contribution in [3.8, 4) is 17.2 Å². The van der Waals surface area contributed by atoms with Crippen LogP contribution in [0.3, 0.4) is 0 Å². The van der Waals surface area contributed by atoms with Crippen LogP contribution in [0.15, 0.2) is 88.2 Å². The topological polar surface area (TPSA) is 94.2 Å². The molecule has 4 aromatic carbocycles. The first kappa shape index (κ1) is 28.3. The van der Waals surface area contributed by atoms with Gasteiger partial charge in [0.15, 0.2) is 11.5 Å². The number of imide groups is 1. The number of amides is 3. The number of methoxy groups -OCH3 is 2. The van der Waals surface area contributed by atoms with E-state index in [4.69, 9.17) is 14.2 Å². The second-order valence-electron chi connectivity index (χ2n) is 8.98. The molecule has 1 saturated heterocycles. The molecule has 208 valence electrons. The van der Waals surface area contributed by atoms with Crippen molar-refractivity contribution in [2.24, 2.45) is 0 Å². The van der Waals surface area contributed by atoms with Crippen molar-refractivity contribution < 1.29 is 28.6 Å². The molecule has 41 heavy (non-hydrogen) atoms.